The van der Waals surface area contributed by atoms with Crippen LogP contribution in [0.15, 0.2) is 121 Å². The third kappa shape index (κ3) is 4.07. The van der Waals surface area contributed by atoms with E-state index >= 15 is 0 Å². The summed E-state index contributed by atoms with van der Waals surface area (Å²) in [5.74, 6) is 0. The molecular weight excluding hydrogens is 515 g/mol. The van der Waals surface area contributed by atoms with Crippen molar-refractivity contribution in [3.05, 3.63) is 144 Å². The molecule has 0 N–H and O–H groups in total. The van der Waals surface area contributed by atoms with E-state index in [1.807, 2.05) is 11.3 Å². The smallest absolute Gasteiger partial charge is 0.0568 e. The summed E-state index contributed by atoms with van der Waals surface area (Å²) >= 11 is 1.90. The Morgan fingerprint density at radius 1 is 0.463 bits per heavy atom. The number of aromatic nitrogens is 1. The van der Waals surface area contributed by atoms with E-state index in [-0.39, 0.29) is 0 Å². The molecule has 0 saturated heterocycles. The number of hydrogen-bond donors (Lipinski definition) is 0. The van der Waals surface area contributed by atoms with Crippen molar-refractivity contribution in [1.29, 1.82) is 0 Å². The zero-order valence-electron chi connectivity index (χ0n) is 22.7. The normalized spacial score (nSPS) is 12.3. The van der Waals surface area contributed by atoms with Crippen molar-refractivity contribution in [2.75, 3.05) is 0 Å². The van der Waals surface area contributed by atoms with Gasteiger partial charge in [0.2, 0.25) is 0 Å². The fourth-order valence-corrected chi connectivity index (χ4v) is 7.39. The van der Waals surface area contributed by atoms with Crippen molar-refractivity contribution < 1.29 is 0 Å². The fraction of sp³-hybridized carbons (Fsp3) is 0.0256. The Hall–Kier alpha value is -4.92. The van der Waals surface area contributed by atoms with Crippen molar-refractivity contribution in [3.8, 4) is 0 Å². The van der Waals surface area contributed by atoms with Crippen molar-refractivity contribution >= 4 is 88.4 Å². The van der Waals surface area contributed by atoms with Gasteiger partial charge in [0, 0.05) is 54.3 Å². The topological polar surface area (TPSA) is 4.93 Å². The zero-order valence-corrected chi connectivity index (χ0v) is 23.5. The molecule has 0 aliphatic rings. The van der Waals surface area contributed by atoms with Crippen molar-refractivity contribution in [2.45, 2.75) is 0 Å². The largest absolute Gasteiger partial charge is 0.343 e. The molecule has 0 aliphatic heterocycles. The molecule has 0 unspecified atom stereocenters. The number of thiophene rings is 1. The Morgan fingerprint density at radius 3 is 1.61 bits per heavy atom. The van der Waals surface area contributed by atoms with E-state index in [0.29, 0.717) is 0 Å². The molecule has 2 aromatic heterocycles. The minimum atomic E-state index is 1.21. The lowest BCUT2D eigenvalue weighted by Gasteiger charge is -2.05. The van der Waals surface area contributed by atoms with E-state index in [4.69, 9.17) is 0 Å². The molecule has 2 heterocycles. The van der Waals surface area contributed by atoms with E-state index in [0.717, 1.165) is 0 Å². The van der Waals surface area contributed by atoms with Gasteiger partial charge >= 0.3 is 0 Å². The Bertz CT molecular complexity index is 2300. The van der Waals surface area contributed by atoms with E-state index < -0.39 is 0 Å². The third-order valence-corrected chi connectivity index (χ3v) is 9.38. The molecule has 8 aromatic rings. The molecule has 41 heavy (non-hydrogen) atoms. The van der Waals surface area contributed by atoms with Gasteiger partial charge in [0.05, 0.1) is 5.52 Å². The predicted octanol–water partition coefficient (Wildman–Crippen LogP) is 11.2. The van der Waals surface area contributed by atoms with Gasteiger partial charge in [-0.3, -0.25) is 0 Å². The fourth-order valence-electron chi connectivity index (χ4n) is 6.11. The molecular formula is C39H27NS. The standard InChI is InChI=1S/C39H27NS/c1-40-36-24-28(14-12-26-8-4-2-5-9-26)16-18-30(36)32-20-23-35-33(38(32)40)21-22-34-31-19-17-29(25-37(31)41-39(34)35)15-13-27-10-6-3-7-11-27/h2-25H,1H3/b14-12+,15-13+. The summed E-state index contributed by atoms with van der Waals surface area (Å²) in [4.78, 5) is 0. The maximum atomic E-state index is 2.37. The molecule has 0 bridgehead atoms. The summed E-state index contributed by atoms with van der Waals surface area (Å²) in [6.07, 6.45) is 8.78. The second kappa shape index (κ2) is 9.62. The van der Waals surface area contributed by atoms with Crippen LogP contribution < -0.4 is 0 Å². The Kier molecular flexibility index (Phi) is 5.61. The van der Waals surface area contributed by atoms with Crippen LogP contribution in [0.25, 0.3) is 77.1 Å². The second-order valence-corrected chi connectivity index (χ2v) is 11.7. The van der Waals surface area contributed by atoms with Gasteiger partial charge in [-0.05, 0) is 34.4 Å². The summed E-state index contributed by atoms with van der Waals surface area (Å²) in [7, 11) is 2.20. The van der Waals surface area contributed by atoms with E-state index in [9.17, 15) is 0 Å². The number of benzene rings is 6. The van der Waals surface area contributed by atoms with Gasteiger partial charge in [-0.2, -0.15) is 0 Å². The highest BCUT2D eigenvalue weighted by atomic mass is 32.1. The van der Waals surface area contributed by atoms with Crippen molar-refractivity contribution in [3.63, 3.8) is 0 Å². The first kappa shape index (κ1) is 23.9. The first-order valence-corrected chi connectivity index (χ1v) is 14.8. The first-order valence-electron chi connectivity index (χ1n) is 14.0. The van der Waals surface area contributed by atoms with Gasteiger partial charge in [-0.15, -0.1) is 11.3 Å². The summed E-state index contributed by atoms with van der Waals surface area (Å²) in [6, 6.07) is 43.9. The molecule has 0 atom stereocenters. The van der Waals surface area contributed by atoms with Crippen LogP contribution in [0.1, 0.15) is 22.3 Å². The molecule has 6 aromatic carbocycles. The lowest BCUT2D eigenvalue weighted by Crippen LogP contribution is -1.88. The average molecular weight is 542 g/mol. The van der Waals surface area contributed by atoms with Crippen molar-refractivity contribution in [2.24, 2.45) is 7.05 Å². The van der Waals surface area contributed by atoms with Crippen LogP contribution in [0.2, 0.25) is 0 Å². The second-order valence-electron chi connectivity index (χ2n) is 10.7. The van der Waals surface area contributed by atoms with Crippen LogP contribution in [0.3, 0.4) is 0 Å². The highest BCUT2D eigenvalue weighted by Gasteiger charge is 2.15. The number of aryl methyl sites for hydroxylation is 1. The highest BCUT2D eigenvalue weighted by molar-refractivity contribution is 7.26. The van der Waals surface area contributed by atoms with Gasteiger partial charge in [-0.25, -0.2) is 0 Å². The molecule has 2 heteroatoms. The van der Waals surface area contributed by atoms with Crippen molar-refractivity contribution in [1.82, 2.24) is 4.57 Å². The van der Waals surface area contributed by atoms with Crippen LogP contribution in [0.5, 0.6) is 0 Å². The Morgan fingerprint density at radius 2 is 0.951 bits per heavy atom. The Balaban J connectivity index is 1.25. The van der Waals surface area contributed by atoms with Crippen LogP contribution in [-0.2, 0) is 7.05 Å². The Labute approximate surface area is 242 Å². The minimum Gasteiger partial charge on any atom is -0.343 e. The van der Waals surface area contributed by atoms with Crippen LogP contribution in [0.4, 0.5) is 0 Å². The number of nitrogens with zero attached hydrogens (tertiary/aromatic N) is 1. The molecule has 1 nitrogen and oxygen atoms in total. The molecule has 0 radical (unpaired) electrons. The minimum absolute atomic E-state index is 1.21. The zero-order chi connectivity index (χ0) is 27.3. The van der Waals surface area contributed by atoms with E-state index in [1.54, 1.807) is 0 Å². The maximum Gasteiger partial charge on any atom is 0.0568 e. The molecule has 0 fully saturated rings. The van der Waals surface area contributed by atoms with Crippen LogP contribution in [0, 0.1) is 0 Å². The summed E-state index contributed by atoms with van der Waals surface area (Å²) in [5, 5.41) is 7.91. The van der Waals surface area contributed by atoms with E-state index in [1.165, 1.54) is 75.0 Å². The van der Waals surface area contributed by atoms with Crippen LogP contribution in [-0.4, -0.2) is 4.57 Å². The van der Waals surface area contributed by atoms with E-state index in [2.05, 4.69) is 157 Å². The molecule has 0 spiro atoms. The highest BCUT2D eigenvalue weighted by Crippen LogP contribution is 2.42. The predicted molar refractivity (Wildman–Crippen MR) is 182 cm³/mol. The average Bonchev–Trinajstić information content (AvgIpc) is 3.54. The summed E-state index contributed by atoms with van der Waals surface area (Å²) < 4.78 is 5.06. The molecule has 194 valence electrons. The molecule has 0 saturated carbocycles. The molecule has 0 amide bonds. The SMILES string of the molecule is Cn1c2cc(/C=C/c3ccccc3)ccc2c2ccc3c(ccc4c5ccc(/C=C/c6ccccc6)cc5sc43)c21. The van der Waals surface area contributed by atoms with Gasteiger partial charge in [-0.1, -0.05) is 133 Å². The summed E-state index contributed by atoms with van der Waals surface area (Å²) in [5.41, 5.74) is 7.42. The summed E-state index contributed by atoms with van der Waals surface area (Å²) in [6.45, 7) is 0. The van der Waals surface area contributed by atoms with Gasteiger partial charge in [0.1, 0.15) is 0 Å². The molecule has 0 aliphatic carbocycles. The lowest BCUT2D eigenvalue weighted by atomic mass is 10.0. The third-order valence-electron chi connectivity index (χ3n) is 8.18. The number of hydrogen-bond acceptors (Lipinski definition) is 1. The van der Waals surface area contributed by atoms with Gasteiger partial charge < -0.3 is 4.57 Å². The first-order chi connectivity index (χ1) is 20.2. The lowest BCUT2D eigenvalue weighted by molar-refractivity contribution is 1.02. The number of rotatable bonds is 4. The number of fused-ring (bicyclic) bond motifs is 9. The maximum absolute atomic E-state index is 2.37. The quantitative estimate of drug-likeness (QED) is 0.195. The van der Waals surface area contributed by atoms with Gasteiger partial charge in [0.15, 0.2) is 0 Å². The monoisotopic (exact) mass is 541 g/mol. The van der Waals surface area contributed by atoms with Crippen LogP contribution >= 0.6 is 11.3 Å². The van der Waals surface area contributed by atoms with Gasteiger partial charge in [0.25, 0.3) is 0 Å². The molecule has 8 rings (SSSR count).